The summed E-state index contributed by atoms with van der Waals surface area (Å²) in [6, 6.07) is -14.3. The first kappa shape index (κ1) is 83.8. The molecule has 0 aromatic carbocycles. The number of nitrogens with one attached hydrogen (secondary N) is 4. The Labute approximate surface area is 551 Å². The highest BCUT2D eigenvalue weighted by Gasteiger charge is 2.47. The smallest absolute Gasteiger partial charge is 0.246 e. The minimum atomic E-state index is -1.65. The molecule has 0 unspecified atom stereocenters. The lowest BCUT2D eigenvalue weighted by Gasteiger charge is -2.41. The van der Waals surface area contributed by atoms with Gasteiger partial charge in [-0.2, -0.15) is 0 Å². The van der Waals surface area contributed by atoms with Crippen LogP contribution in [0.25, 0.3) is 0 Å². The lowest BCUT2D eigenvalue weighted by Crippen LogP contribution is -2.64. The minimum absolute atomic E-state index is 0.0230. The van der Waals surface area contributed by atoms with Crippen molar-refractivity contribution in [1.29, 1.82) is 0 Å². The monoisotopic (exact) mass is 1300 g/mol. The van der Waals surface area contributed by atoms with Crippen molar-refractivity contribution in [1.82, 2.24) is 60.5 Å². The molecule has 6 N–H and O–H groups in total. The average Bonchev–Trinajstić information content (AvgIpc) is 0.830. The summed E-state index contributed by atoms with van der Waals surface area (Å²) in [5.74, 6) is -10.2. The summed E-state index contributed by atoms with van der Waals surface area (Å²) >= 11 is 0. The Morgan fingerprint density at radius 2 is 0.924 bits per heavy atom. The first-order valence-corrected chi connectivity index (χ1v) is 33.1. The summed E-state index contributed by atoms with van der Waals surface area (Å²) in [5, 5.41) is 34.6. The maximum absolute atomic E-state index is 15.3. The third-order valence-electron chi connectivity index (χ3n) is 17.5. The first-order chi connectivity index (χ1) is 42.3. The maximum Gasteiger partial charge on any atom is 0.246 e. The van der Waals surface area contributed by atoms with E-state index in [9.17, 15) is 34.2 Å². The second kappa shape index (κ2) is 37.6. The molecule has 528 valence electrons. The lowest BCUT2D eigenvalue weighted by molar-refractivity contribution is -0.157. The third kappa shape index (κ3) is 24.0. The van der Waals surface area contributed by atoms with Crippen LogP contribution in [0, 0.1) is 35.5 Å². The van der Waals surface area contributed by atoms with E-state index in [1.165, 1.54) is 102 Å². The Morgan fingerprint density at radius 1 is 0.500 bits per heavy atom. The molecule has 1 aliphatic heterocycles. The molecule has 0 spiro atoms. The molecular formula is C67H122N12O13. The predicted octanol–water partition coefficient (Wildman–Crippen LogP) is 3.09. The van der Waals surface area contributed by atoms with E-state index >= 15 is 28.8 Å². The molecule has 11 amide bonds. The number of likely N-dealkylation sites (N-methyl/N-ethyl adjacent to an activating group) is 7. The van der Waals surface area contributed by atoms with Crippen LogP contribution in [-0.2, 0) is 52.7 Å². The fraction of sp³-hybridized carbons (Fsp3) is 0.806. The number of hydrogen-bond acceptors (Lipinski definition) is 14. The zero-order valence-electron chi connectivity index (χ0n) is 60.9. The summed E-state index contributed by atoms with van der Waals surface area (Å²) in [5.41, 5.74) is -1.58. The van der Waals surface area contributed by atoms with E-state index in [1.54, 1.807) is 60.6 Å². The normalized spacial score (nSPS) is 26.8. The second-order valence-electron chi connectivity index (χ2n) is 28.6. The van der Waals surface area contributed by atoms with Gasteiger partial charge in [-0.1, -0.05) is 95.2 Å². The molecule has 0 radical (unpaired) electrons. The number of amides is 11. The van der Waals surface area contributed by atoms with Crippen molar-refractivity contribution >= 4 is 65.0 Å². The Balaban J connectivity index is 4.55. The van der Waals surface area contributed by atoms with Crippen molar-refractivity contribution in [3.63, 3.8) is 0 Å². The van der Waals surface area contributed by atoms with Gasteiger partial charge in [-0.25, -0.2) is 0 Å². The van der Waals surface area contributed by atoms with Crippen LogP contribution in [0.15, 0.2) is 12.2 Å². The molecular weight excluding hydrogens is 1180 g/mol. The first-order valence-electron chi connectivity index (χ1n) is 33.1. The van der Waals surface area contributed by atoms with Gasteiger partial charge in [0.25, 0.3) is 0 Å². The summed E-state index contributed by atoms with van der Waals surface area (Å²) < 4.78 is 0. The van der Waals surface area contributed by atoms with Gasteiger partial charge in [0.05, 0.1) is 11.7 Å². The zero-order valence-corrected chi connectivity index (χ0v) is 60.9. The zero-order chi connectivity index (χ0) is 71.5. The van der Waals surface area contributed by atoms with Crippen LogP contribution >= 0.6 is 0 Å². The molecule has 0 bridgehead atoms. The van der Waals surface area contributed by atoms with Crippen molar-refractivity contribution in [2.24, 2.45) is 35.5 Å². The highest BCUT2D eigenvalue weighted by Crippen LogP contribution is 2.27. The molecule has 92 heavy (non-hydrogen) atoms. The Bertz CT molecular complexity index is 2520. The summed E-state index contributed by atoms with van der Waals surface area (Å²) in [4.78, 5) is 174. The van der Waals surface area contributed by atoms with Crippen molar-refractivity contribution in [3.05, 3.63) is 12.2 Å². The van der Waals surface area contributed by atoms with Crippen LogP contribution in [0.1, 0.15) is 169 Å². The predicted molar refractivity (Wildman–Crippen MR) is 357 cm³/mol. The number of carbonyl (C=O) groups excluding carboxylic acids is 11. The largest absolute Gasteiger partial charge is 0.390 e. The number of hydrogen-bond donors (Lipinski definition) is 6. The number of allylic oxidation sites excluding steroid dienone is 2. The van der Waals surface area contributed by atoms with Crippen LogP contribution in [0.5, 0.6) is 0 Å². The van der Waals surface area contributed by atoms with E-state index in [1.807, 2.05) is 60.5 Å². The number of aliphatic hydroxyl groups is 2. The van der Waals surface area contributed by atoms with E-state index in [-0.39, 0.29) is 62.7 Å². The van der Waals surface area contributed by atoms with E-state index in [4.69, 9.17) is 0 Å². The topological polar surface area (TPSA) is 302 Å². The molecule has 0 aromatic rings. The average molecular weight is 1300 g/mol. The van der Waals surface area contributed by atoms with Gasteiger partial charge in [0, 0.05) is 55.8 Å². The standard InChI is InChI=1S/C67H122N12O13/c1-27-29-31-43(13)55(80)54-59(84)70-46(28-2)61(86)73(20)47(32-30-33-72(18)19)62(87)77(24)51(37-67(16,17)92)58(83)71-52(41(9)10)65(90)74(21)48(34-38(3)4)57(82)68-44(14)56(81)69-45(15)60(85)75(22)49(35-39(5)6)63(88)76(23)50(36-40(7)8)64(89)78(25)53(42(11)12)66(91)79(54)26/h27,29,38-55,80,92H,28,30-37H2,1-26H3,(H,68,82)(H,69,81)(H,70,84)(H,71,83)/t43-,44+,45-,46+,47-,48+,49+,50+,51+,52+,53+,54+,55-/m1/s1. The van der Waals surface area contributed by atoms with Gasteiger partial charge in [-0.15, -0.1) is 0 Å². The minimum Gasteiger partial charge on any atom is -0.390 e. The summed E-state index contributed by atoms with van der Waals surface area (Å²) in [6.07, 6.45) is 2.82. The molecule has 1 rings (SSSR count). The van der Waals surface area contributed by atoms with Crippen molar-refractivity contribution in [3.8, 4) is 0 Å². The molecule has 1 fully saturated rings. The van der Waals surface area contributed by atoms with Crippen LogP contribution in [0.4, 0.5) is 0 Å². The Hall–Kier alpha value is -6.21. The molecule has 1 heterocycles. The van der Waals surface area contributed by atoms with Crippen molar-refractivity contribution in [2.75, 3.05) is 70.0 Å². The molecule has 1 aliphatic rings. The SMILES string of the molecule is CC=CC[C@@H](C)[C@@H](O)[C@H]1C(=O)N[C@@H](CC)C(=O)N(C)[C@H](CCCN(C)C)C(=O)N(C)[C@@H](CC(C)(C)O)C(=O)N[C@@H](C(C)C)C(=O)N(C)[C@@H](CC(C)C)C(=O)N[C@@H](C)C(=O)N[C@H](C)C(=O)N(C)[C@@H](CC(C)C)C(=O)N(C)[C@@H](CC(C)C)C(=O)N(C)[C@@H](C(C)C)C(=O)N1C. The van der Waals surface area contributed by atoms with Crippen LogP contribution in [0.2, 0.25) is 0 Å². The van der Waals surface area contributed by atoms with E-state index in [0.29, 0.717) is 13.0 Å². The molecule has 13 atom stereocenters. The molecule has 1 saturated heterocycles. The molecule has 0 aliphatic carbocycles. The Morgan fingerprint density at radius 3 is 1.38 bits per heavy atom. The quantitative estimate of drug-likeness (QED) is 0.101. The van der Waals surface area contributed by atoms with Gasteiger partial charge >= 0.3 is 0 Å². The maximum atomic E-state index is 15.3. The van der Waals surface area contributed by atoms with Gasteiger partial charge in [0.15, 0.2) is 0 Å². The highest BCUT2D eigenvalue weighted by atomic mass is 16.3. The molecule has 0 aromatic heterocycles. The molecule has 0 saturated carbocycles. The van der Waals surface area contributed by atoms with Crippen LogP contribution in [0.3, 0.4) is 0 Å². The van der Waals surface area contributed by atoms with E-state index in [2.05, 4.69) is 21.3 Å². The van der Waals surface area contributed by atoms with E-state index < -0.39 is 161 Å². The van der Waals surface area contributed by atoms with Gasteiger partial charge < -0.3 is 70.7 Å². The van der Waals surface area contributed by atoms with Crippen LogP contribution < -0.4 is 21.3 Å². The van der Waals surface area contributed by atoms with E-state index in [0.717, 1.165) is 9.80 Å². The second-order valence-corrected chi connectivity index (χ2v) is 28.6. The van der Waals surface area contributed by atoms with Crippen molar-refractivity contribution in [2.45, 2.75) is 247 Å². The van der Waals surface area contributed by atoms with Crippen LogP contribution in [-0.4, -0.2) is 263 Å². The number of rotatable bonds is 19. The van der Waals surface area contributed by atoms with Gasteiger partial charge in [-0.3, -0.25) is 52.7 Å². The van der Waals surface area contributed by atoms with Gasteiger partial charge in [0.1, 0.15) is 66.5 Å². The fourth-order valence-electron chi connectivity index (χ4n) is 11.7. The highest BCUT2D eigenvalue weighted by molar-refractivity contribution is 6.00. The Kier molecular flexibility index (Phi) is 34.3. The van der Waals surface area contributed by atoms with Crippen molar-refractivity contribution < 1.29 is 63.0 Å². The van der Waals surface area contributed by atoms with Gasteiger partial charge in [-0.05, 0) is 136 Å². The number of nitrogens with zero attached hydrogens (tertiary/aromatic N) is 8. The molecule has 25 nitrogen and oxygen atoms in total. The number of aliphatic hydroxyl groups excluding tert-OH is 1. The van der Waals surface area contributed by atoms with Gasteiger partial charge in [0.2, 0.25) is 65.0 Å². The number of carbonyl (C=O) groups is 11. The third-order valence-corrected chi connectivity index (χ3v) is 17.5. The fourth-order valence-corrected chi connectivity index (χ4v) is 11.7. The molecule has 25 heteroatoms. The summed E-state index contributed by atoms with van der Waals surface area (Å²) in [6.45, 7) is 29.4. The summed E-state index contributed by atoms with van der Waals surface area (Å²) in [7, 11) is 13.5. The lowest BCUT2D eigenvalue weighted by atomic mass is 9.91.